The summed E-state index contributed by atoms with van der Waals surface area (Å²) in [5, 5.41) is 7.15. The number of aromatic nitrogens is 2. The Kier molecular flexibility index (Phi) is 2.75. The predicted molar refractivity (Wildman–Crippen MR) is 60.3 cm³/mol. The van der Waals surface area contributed by atoms with E-state index in [1.54, 1.807) is 24.3 Å². The van der Waals surface area contributed by atoms with E-state index in [9.17, 15) is 4.79 Å². The van der Waals surface area contributed by atoms with Crippen LogP contribution in [0.3, 0.4) is 0 Å². The van der Waals surface area contributed by atoms with Crippen molar-refractivity contribution in [3.63, 3.8) is 0 Å². The van der Waals surface area contributed by atoms with Gasteiger partial charge in [-0.1, -0.05) is 35.3 Å². The Bertz CT molecular complexity index is 534. The molecule has 2 aromatic rings. The third-order valence-electron chi connectivity index (χ3n) is 1.88. The van der Waals surface area contributed by atoms with Crippen LogP contribution in [0.15, 0.2) is 35.1 Å². The van der Waals surface area contributed by atoms with Crippen LogP contribution in [-0.2, 0) is 0 Å². The van der Waals surface area contributed by atoms with Crippen LogP contribution in [0, 0.1) is 0 Å². The van der Waals surface area contributed by atoms with Crippen molar-refractivity contribution in [3.05, 3.63) is 50.7 Å². The normalized spacial score (nSPS) is 10.3. The first-order valence-corrected chi connectivity index (χ1v) is 4.93. The maximum Gasteiger partial charge on any atom is 0.265 e. The summed E-state index contributed by atoms with van der Waals surface area (Å²) in [4.78, 5) is 10.9. The average molecular weight is 241 g/mol. The largest absolute Gasteiger partial charge is 0.268 e. The Labute approximate surface area is 95.7 Å². The Hall–Kier alpha value is -1.32. The number of nitrogens with zero attached hydrogens (tertiary/aromatic N) is 1. The standard InChI is InChI=1S/C10H6Cl2N2O/c11-7-3-1-6(2-4-7)10-8(12)5-9(15)13-14-10/h1-5H,(H,13,15). The second-order valence-corrected chi connectivity index (χ2v) is 3.78. The average Bonchev–Trinajstić information content (AvgIpc) is 2.20. The van der Waals surface area contributed by atoms with Gasteiger partial charge >= 0.3 is 0 Å². The minimum absolute atomic E-state index is 0.320. The van der Waals surface area contributed by atoms with Gasteiger partial charge in [-0.15, -0.1) is 0 Å². The van der Waals surface area contributed by atoms with E-state index < -0.39 is 0 Å². The van der Waals surface area contributed by atoms with E-state index in [2.05, 4.69) is 10.2 Å². The Morgan fingerprint density at radius 1 is 1.13 bits per heavy atom. The predicted octanol–water partition coefficient (Wildman–Crippen LogP) is 2.74. The highest BCUT2D eigenvalue weighted by molar-refractivity contribution is 6.33. The fourth-order valence-electron chi connectivity index (χ4n) is 1.19. The van der Waals surface area contributed by atoms with Crippen LogP contribution < -0.4 is 5.56 Å². The third kappa shape index (κ3) is 2.19. The van der Waals surface area contributed by atoms with Crippen molar-refractivity contribution in [1.29, 1.82) is 0 Å². The summed E-state index contributed by atoms with van der Waals surface area (Å²) in [5.74, 6) is 0. The van der Waals surface area contributed by atoms with Crippen molar-refractivity contribution >= 4 is 23.2 Å². The van der Waals surface area contributed by atoms with Crippen molar-refractivity contribution in [3.8, 4) is 11.3 Å². The zero-order chi connectivity index (χ0) is 10.8. The van der Waals surface area contributed by atoms with Gasteiger partial charge in [0.1, 0.15) is 5.69 Å². The van der Waals surface area contributed by atoms with Crippen molar-refractivity contribution in [2.75, 3.05) is 0 Å². The molecule has 0 aliphatic carbocycles. The summed E-state index contributed by atoms with van der Waals surface area (Å²) >= 11 is 11.6. The number of rotatable bonds is 1. The van der Waals surface area contributed by atoms with Gasteiger partial charge in [0.05, 0.1) is 5.02 Å². The van der Waals surface area contributed by atoms with E-state index in [-0.39, 0.29) is 5.56 Å². The molecule has 1 heterocycles. The molecule has 0 bridgehead atoms. The summed E-state index contributed by atoms with van der Waals surface area (Å²) in [5.41, 5.74) is 1.02. The molecule has 0 saturated heterocycles. The number of H-pyrrole nitrogens is 1. The molecule has 0 aliphatic rings. The Morgan fingerprint density at radius 2 is 1.80 bits per heavy atom. The zero-order valence-electron chi connectivity index (χ0n) is 7.50. The van der Waals surface area contributed by atoms with Crippen molar-refractivity contribution in [2.24, 2.45) is 0 Å². The summed E-state index contributed by atoms with van der Waals surface area (Å²) in [6, 6.07) is 8.34. The van der Waals surface area contributed by atoms with Gasteiger partial charge in [0.25, 0.3) is 5.56 Å². The molecule has 5 heteroatoms. The molecule has 0 unspecified atom stereocenters. The molecule has 0 fully saturated rings. The molecular weight excluding hydrogens is 235 g/mol. The first-order valence-electron chi connectivity index (χ1n) is 4.18. The van der Waals surface area contributed by atoms with Gasteiger partial charge in [0.2, 0.25) is 0 Å². The maximum absolute atomic E-state index is 10.9. The monoisotopic (exact) mass is 240 g/mol. The lowest BCUT2D eigenvalue weighted by Crippen LogP contribution is -2.06. The molecule has 1 aromatic heterocycles. The number of benzene rings is 1. The van der Waals surface area contributed by atoms with E-state index in [4.69, 9.17) is 23.2 Å². The highest BCUT2D eigenvalue weighted by atomic mass is 35.5. The number of halogens is 2. The van der Waals surface area contributed by atoms with E-state index in [1.165, 1.54) is 6.07 Å². The number of hydrogen-bond acceptors (Lipinski definition) is 2. The zero-order valence-corrected chi connectivity index (χ0v) is 9.01. The van der Waals surface area contributed by atoms with Gasteiger partial charge in [-0.25, -0.2) is 5.10 Å². The van der Waals surface area contributed by atoms with Gasteiger partial charge in [0, 0.05) is 16.7 Å². The Morgan fingerprint density at radius 3 is 2.40 bits per heavy atom. The highest BCUT2D eigenvalue weighted by Gasteiger charge is 2.05. The summed E-state index contributed by atoms with van der Waals surface area (Å²) < 4.78 is 0. The van der Waals surface area contributed by atoms with Crippen LogP contribution in [0.25, 0.3) is 11.3 Å². The number of nitrogens with one attached hydrogen (secondary N) is 1. The van der Waals surface area contributed by atoms with E-state index in [0.29, 0.717) is 15.7 Å². The maximum atomic E-state index is 10.9. The van der Waals surface area contributed by atoms with E-state index in [0.717, 1.165) is 5.56 Å². The molecule has 0 radical (unpaired) electrons. The third-order valence-corrected chi connectivity index (χ3v) is 2.42. The second kappa shape index (κ2) is 4.04. The van der Waals surface area contributed by atoms with Crippen LogP contribution in [-0.4, -0.2) is 10.2 Å². The van der Waals surface area contributed by atoms with Crippen molar-refractivity contribution in [2.45, 2.75) is 0 Å². The SMILES string of the molecule is O=c1cc(Cl)c(-c2ccc(Cl)cc2)n[nH]1. The lowest BCUT2D eigenvalue weighted by Gasteiger charge is -2.01. The van der Waals surface area contributed by atoms with Crippen LogP contribution in [0.1, 0.15) is 0 Å². The highest BCUT2D eigenvalue weighted by Crippen LogP contribution is 2.24. The van der Waals surface area contributed by atoms with Crippen molar-refractivity contribution < 1.29 is 0 Å². The smallest absolute Gasteiger partial charge is 0.265 e. The lowest BCUT2D eigenvalue weighted by molar-refractivity contribution is 0.995. The van der Waals surface area contributed by atoms with E-state index >= 15 is 0 Å². The fraction of sp³-hybridized carbons (Fsp3) is 0. The van der Waals surface area contributed by atoms with Gasteiger partial charge in [0.15, 0.2) is 0 Å². The molecule has 15 heavy (non-hydrogen) atoms. The quantitative estimate of drug-likeness (QED) is 0.834. The fourth-order valence-corrected chi connectivity index (χ4v) is 1.57. The Balaban J connectivity index is 2.54. The van der Waals surface area contributed by atoms with Crippen LogP contribution in [0.2, 0.25) is 10.0 Å². The summed E-state index contributed by atoms with van der Waals surface area (Å²) in [7, 11) is 0. The molecule has 0 atom stereocenters. The molecule has 0 aliphatic heterocycles. The lowest BCUT2D eigenvalue weighted by atomic mass is 10.1. The molecule has 1 N–H and O–H groups in total. The molecule has 0 saturated carbocycles. The summed E-state index contributed by atoms with van der Waals surface area (Å²) in [6.45, 7) is 0. The van der Waals surface area contributed by atoms with Crippen LogP contribution in [0.5, 0.6) is 0 Å². The van der Waals surface area contributed by atoms with Gasteiger partial charge in [-0.05, 0) is 12.1 Å². The molecule has 0 amide bonds. The topological polar surface area (TPSA) is 45.8 Å². The molecule has 0 spiro atoms. The molecule has 1 aromatic carbocycles. The first-order chi connectivity index (χ1) is 7.16. The molecule has 2 rings (SSSR count). The van der Waals surface area contributed by atoms with E-state index in [1.807, 2.05) is 0 Å². The summed E-state index contributed by atoms with van der Waals surface area (Å²) in [6.07, 6.45) is 0. The minimum atomic E-state index is -0.322. The second-order valence-electron chi connectivity index (χ2n) is 2.94. The number of aromatic amines is 1. The molecular formula is C10H6Cl2N2O. The first kappa shape index (κ1) is 10.2. The minimum Gasteiger partial charge on any atom is -0.268 e. The van der Waals surface area contributed by atoms with Gasteiger partial charge in [-0.3, -0.25) is 4.79 Å². The van der Waals surface area contributed by atoms with Gasteiger partial charge < -0.3 is 0 Å². The van der Waals surface area contributed by atoms with Crippen LogP contribution >= 0.6 is 23.2 Å². The van der Waals surface area contributed by atoms with Crippen molar-refractivity contribution in [1.82, 2.24) is 10.2 Å². The van der Waals surface area contributed by atoms with Gasteiger partial charge in [-0.2, -0.15) is 5.10 Å². The molecule has 76 valence electrons. The number of hydrogen-bond donors (Lipinski definition) is 1. The van der Waals surface area contributed by atoms with Crippen LogP contribution in [0.4, 0.5) is 0 Å². The molecule has 3 nitrogen and oxygen atoms in total.